The SMILES string of the molecule is Cc1nn(C)c(C)c1-c1cc(C(=O)OCCCOc2cccc3ccccc23)[nH]n1. The lowest BCUT2D eigenvalue weighted by Crippen LogP contribution is -2.09. The molecule has 0 fully saturated rings. The number of nitrogens with zero attached hydrogens (tertiary/aromatic N) is 3. The number of ether oxygens (including phenoxy) is 2. The molecule has 7 heteroatoms. The van der Waals surface area contributed by atoms with Gasteiger partial charge in [0.2, 0.25) is 0 Å². The fourth-order valence-electron chi connectivity index (χ4n) is 3.50. The maximum absolute atomic E-state index is 12.3. The highest BCUT2D eigenvalue weighted by atomic mass is 16.5. The van der Waals surface area contributed by atoms with Crippen LogP contribution in [0.3, 0.4) is 0 Å². The largest absolute Gasteiger partial charge is 0.493 e. The maximum Gasteiger partial charge on any atom is 0.356 e. The third-order valence-electron chi connectivity index (χ3n) is 5.09. The summed E-state index contributed by atoms with van der Waals surface area (Å²) >= 11 is 0. The molecule has 2 aromatic heterocycles. The molecule has 1 N–H and O–H groups in total. The molecule has 0 aliphatic heterocycles. The van der Waals surface area contributed by atoms with Crippen molar-refractivity contribution in [1.29, 1.82) is 0 Å². The van der Waals surface area contributed by atoms with Gasteiger partial charge in [-0.3, -0.25) is 9.78 Å². The van der Waals surface area contributed by atoms with Gasteiger partial charge >= 0.3 is 5.97 Å². The Labute approximate surface area is 174 Å². The molecule has 0 amide bonds. The zero-order chi connectivity index (χ0) is 21.1. The molecule has 30 heavy (non-hydrogen) atoms. The van der Waals surface area contributed by atoms with E-state index in [1.165, 1.54) is 0 Å². The molecule has 4 rings (SSSR count). The van der Waals surface area contributed by atoms with E-state index in [0.717, 1.165) is 33.5 Å². The first-order chi connectivity index (χ1) is 14.5. The topological polar surface area (TPSA) is 82.0 Å². The summed E-state index contributed by atoms with van der Waals surface area (Å²) in [5.74, 6) is 0.401. The van der Waals surface area contributed by atoms with Gasteiger partial charge < -0.3 is 9.47 Å². The molecule has 0 atom stereocenters. The minimum Gasteiger partial charge on any atom is -0.493 e. The van der Waals surface area contributed by atoms with Gasteiger partial charge in [-0.15, -0.1) is 0 Å². The molecule has 0 bridgehead atoms. The third kappa shape index (κ3) is 3.91. The number of benzene rings is 2. The number of hydrogen-bond donors (Lipinski definition) is 1. The second-order valence-corrected chi connectivity index (χ2v) is 7.15. The number of H-pyrrole nitrogens is 1. The Morgan fingerprint density at radius 3 is 2.70 bits per heavy atom. The van der Waals surface area contributed by atoms with E-state index in [1.807, 2.05) is 51.2 Å². The van der Waals surface area contributed by atoms with Gasteiger partial charge in [0.05, 0.1) is 24.6 Å². The molecule has 4 aromatic rings. The molecule has 7 nitrogen and oxygen atoms in total. The number of rotatable bonds is 7. The average Bonchev–Trinajstić information content (AvgIpc) is 3.32. The summed E-state index contributed by atoms with van der Waals surface area (Å²) in [5.41, 5.74) is 3.79. The van der Waals surface area contributed by atoms with Crippen LogP contribution in [0.4, 0.5) is 0 Å². The van der Waals surface area contributed by atoms with Crippen molar-refractivity contribution in [2.24, 2.45) is 7.05 Å². The van der Waals surface area contributed by atoms with Crippen molar-refractivity contribution >= 4 is 16.7 Å². The zero-order valence-corrected chi connectivity index (χ0v) is 17.3. The van der Waals surface area contributed by atoms with E-state index in [-0.39, 0.29) is 6.61 Å². The number of aromatic nitrogens is 4. The van der Waals surface area contributed by atoms with Crippen molar-refractivity contribution < 1.29 is 14.3 Å². The van der Waals surface area contributed by atoms with Crippen LogP contribution in [0.5, 0.6) is 5.75 Å². The molecule has 0 radical (unpaired) electrons. The minimum atomic E-state index is -0.432. The summed E-state index contributed by atoms with van der Waals surface area (Å²) in [4.78, 5) is 12.3. The smallest absolute Gasteiger partial charge is 0.356 e. The summed E-state index contributed by atoms with van der Waals surface area (Å²) in [7, 11) is 1.88. The van der Waals surface area contributed by atoms with Gasteiger partial charge in [0.15, 0.2) is 0 Å². The van der Waals surface area contributed by atoms with Gasteiger partial charge in [-0.05, 0) is 31.4 Å². The molecule has 2 heterocycles. The summed E-state index contributed by atoms with van der Waals surface area (Å²) in [6.07, 6.45) is 0.594. The first kappa shape index (κ1) is 19.7. The molecular formula is C23H24N4O3. The lowest BCUT2D eigenvalue weighted by Gasteiger charge is -2.09. The highest BCUT2D eigenvalue weighted by Crippen LogP contribution is 2.26. The van der Waals surface area contributed by atoms with Gasteiger partial charge in [-0.25, -0.2) is 4.79 Å². The summed E-state index contributed by atoms with van der Waals surface area (Å²) in [6, 6.07) is 15.8. The number of aromatic amines is 1. The van der Waals surface area contributed by atoms with Gasteiger partial charge in [-0.2, -0.15) is 10.2 Å². The quantitative estimate of drug-likeness (QED) is 0.369. The van der Waals surface area contributed by atoms with Crippen LogP contribution in [0.25, 0.3) is 22.0 Å². The van der Waals surface area contributed by atoms with E-state index in [0.29, 0.717) is 24.4 Å². The number of carbonyl (C=O) groups is 1. The normalized spacial score (nSPS) is 11.0. The predicted molar refractivity (Wildman–Crippen MR) is 115 cm³/mol. The van der Waals surface area contributed by atoms with Crippen LogP contribution in [0.1, 0.15) is 28.3 Å². The van der Waals surface area contributed by atoms with Gasteiger partial charge in [0.25, 0.3) is 0 Å². The first-order valence-corrected chi connectivity index (χ1v) is 9.88. The molecule has 0 saturated carbocycles. The fourth-order valence-corrected chi connectivity index (χ4v) is 3.50. The van der Waals surface area contributed by atoms with E-state index >= 15 is 0 Å². The molecule has 154 valence electrons. The number of esters is 1. The van der Waals surface area contributed by atoms with E-state index in [9.17, 15) is 4.79 Å². The van der Waals surface area contributed by atoms with Gasteiger partial charge in [-0.1, -0.05) is 36.4 Å². The lowest BCUT2D eigenvalue weighted by atomic mass is 10.1. The van der Waals surface area contributed by atoms with Crippen LogP contribution in [0, 0.1) is 13.8 Å². The van der Waals surface area contributed by atoms with Crippen molar-refractivity contribution in [1.82, 2.24) is 20.0 Å². The number of aryl methyl sites for hydroxylation is 2. The molecular weight excluding hydrogens is 380 g/mol. The number of nitrogens with one attached hydrogen (secondary N) is 1. The van der Waals surface area contributed by atoms with E-state index in [1.54, 1.807) is 10.7 Å². The summed E-state index contributed by atoms with van der Waals surface area (Å²) < 4.78 is 13.0. The Morgan fingerprint density at radius 1 is 1.10 bits per heavy atom. The molecule has 2 aromatic carbocycles. The third-order valence-corrected chi connectivity index (χ3v) is 5.09. The lowest BCUT2D eigenvalue weighted by molar-refractivity contribution is 0.0479. The van der Waals surface area contributed by atoms with Gasteiger partial charge in [0, 0.05) is 30.1 Å². The van der Waals surface area contributed by atoms with Crippen molar-refractivity contribution in [2.75, 3.05) is 13.2 Å². The Morgan fingerprint density at radius 2 is 1.90 bits per heavy atom. The van der Waals surface area contributed by atoms with Crippen LogP contribution in [0.2, 0.25) is 0 Å². The predicted octanol–water partition coefficient (Wildman–Crippen LogP) is 4.21. The molecule has 0 aliphatic carbocycles. The average molecular weight is 404 g/mol. The molecule has 0 aliphatic rings. The second-order valence-electron chi connectivity index (χ2n) is 7.15. The van der Waals surface area contributed by atoms with Gasteiger partial charge in [0.1, 0.15) is 11.4 Å². The minimum absolute atomic E-state index is 0.267. The van der Waals surface area contributed by atoms with Crippen LogP contribution in [0.15, 0.2) is 48.5 Å². The second kappa shape index (κ2) is 8.41. The molecule has 0 spiro atoms. The molecule has 0 saturated heterocycles. The summed E-state index contributed by atoms with van der Waals surface area (Å²) in [6.45, 7) is 4.62. The van der Waals surface area contributed by atoms with Crippen LogP contribution in [-0.4, -0.2) is 39.2 Å². The Balaban J connectivity index is 1.30. The standard InChI is InChI=1S/C23H24N4O3/c1-15-22(16(2)27(3)26-15)19-14-20(25-24-19)23(28)30-13-7-12-29-21-11-6-9-17-8-4-5-10-18(17)21/h4-6,8-11,14H,7,12-13H2,1-3H3,(H,24,25). The molecule has 0 unspecified atom stereocenters. The summed E-state index contributed by atoms with van der Waals surface area (Å²) in [5, 5.41) is 13.6. The van der Waals surface area contributed by atoms with Crippen LogP contribution < -0.4 is 4.74 Å². The number of hydrogen-bond acceptors (Lipinski definition) is 5. The van der Waals surface area contributed by atoms with Crippen molar-refractivity contribution in [2.45, 2.75) is 20.3 Å². The van der Waals surface area contributed by atoms with E-state index in [2.05, 4.69) is 27.4 Å². The Bertz CT molecular complexity index is 1190. The van der Waals surface area contributed by atoms with E-state index < -0.39 is 5.97 Å². The van der Waals surface area contributed by atoms with E-state index in [4.69, 9.17) is 9.47 Å². The monoisotopic (exact) mass is 404 g/mol. The van der Waals surface area contributed by atoms with Crippen molar-refractivity contribution in [3.05, 3.63) is 65.6 Å². The van der Waals surface area contributed by atoms with Crippen molar-refractivity contribution in [3.63, 3.8) is 0 Å². The number of fused-ring (bicyclic) bond motifs is 1. The highest BCUT2D eigenvalue weighted by molar-refractivity contribution is 5.89. The van der Waals surface area contributed by atoms with Crippen LogP contribution in [-0.2, 0) is 11.8 Å². The van der Waals surface area contributed by atoms with Crippen LogP contribution >= 0.6 is 0 Å². The Kier molecular flexibility index (Phi) is 5.52. The number of carbonyl (C=O) groups excluding carboxylic acids is 1. The Hall–Kier alpha value is -3.61. The van der Waals surface area contributed by atoms with Crippen molar-refractivity contribution in [3.8, 4) is 17.0 Å². The zero-order valence-electron chi connectivity index (χ0n) is 17.3. The highest BCUT2D eigenvalue weighted by Gasteiger charge is 2.17. The maximum atomic E-state index is 12.3. The fraction of sp³-hybridized carbons (Fsp3) is 0.261. The first-order valence-electron chi connectivity index (χ1n) is 9.88.